The number of ether oxygens (including phenoxy) is 2. The van der Waals surface area contributed by atoms with Gasteiger partial charge in [-0.3, -0.25) is 0 Å². The third-order valence-corrected chi connectivity index (χ3v) is 1.47. The van der Waals surface area contributed by atoms with Crippen molar-refractivity contribution in [1.82, 2.24) is 0 Å². The first-order valence-corrected chi connectivity index (χ1v) is 3.48. The van der Waals surface area contributed by atoms with E-state index in [2.05, 4.69) is 6.58 Å². The van der Waals surface area contributed by atoms with E-state index in [4.69, 9.17) is 19.7 Å². The summed E-state index contributed by atoms with van der Waals surface area (Å²) in [4.78, 5) is 0. The second kappa shape index (κ2) is 3.32. The Hall–Kier alpha value is -0.420. The maximum absolute atomic E-state index is 9.14. The smallest absolute Gasteiger partial charge is 0.235 e. The van der Waals surface area contributed by atoms with Crippen molar-refractivity contribution < 1.29 is 19.7 Å². The van der Waals surface area contributed by atoms with Crippen LogP contribution in [0.15, 0.2) is 12.7 Å². The predicted molar refractivity (Wildman–Crippen MR) is 37.7 cm³/mol. The second-order valence-corrected chi connectivity index (χ2v) is 2.41. The summed E-state index contributed by atoms with van der Waals surface area (Å²) in [5, 5.41) is 18.3. The predicted octanol–water partition coefficient (Wildman–Crippen LogP) is -0.384. The van der Waals surface area contributed by atoms with Gasteiger partial charge in [0.15, 0.2) is 0 Å². The molecule has 4 heteroatoms. The fourth-order valence-electron chi connectivity index (χ4n) is 0.829. The second-order valence-electron chi connectivity index (χ2n) is 2.41. The minimum Gasteiger partial charge on any atom is -0.358 e. The van der Waals surface area contributed by atoms with Gasteiger partial charge in [0.1, 0.15) is 0 Å². The average Bonchev–Trinajstić information content (AvgIpc) is 2.06. The molecule has 1 aliphatic rings. The third kappa shape index (κ3) is 2.00. The number of hydrogen-bond acceptors (Lipinski definition) is 4. The van der Waals surface area contributed by atoms with Crippen LogP contribution in [0.4, 0.5) is 0 Å². The van der Waals surface area contributed by atoms with E-state index in [0.29, 0.717) is 13.2 Å². The maximum atomic E-state index is 9.14. The van der Waals surface area contributed by atoms with E-state index in [1.165, 1.54) is 0 Å². The molecule has 11 heavy (non-hydrogen) atoms. The minimum atomic E-state index is -2.07. The molecule has 0 radical (unpaired) electrons. The molecule has 1 fully saturated rings. The van der Waals surface area contributed by atoms with E-state index in [-0.39, 0.29) is 0 Å². The van der Waals surface area contributed by atoms with E-state index in [0.717, 1.165) is 12.5 Å². The number of aliphatic hydroxyl groups is 2. The average molecular weight is 160 g/mol. The first-order chi connectivity index (χ1) is 5.17. The van der Waals surface area contributed by atoms with Crippen LogP contribution in [0, 0.1) is 0 Å². The molecule has 0 atom stereocenters. The molecule has 0 unspecified atom stereocenters. The highest BCUT2D eigenvalue weighted by Crippen LogP contribution is 2.16. The van der Waals surface area contributed by atoms with Crippen LogP contribution in [-0.2, 0) is 9.47 Å². The standard InChI is InChI=1S/C7H12O4/c1-2-7(8,9)6-10-4-3-5-11-6/h2,6,8-9H,1,3-5H2. The van der Waals surface area contributed by atoms with Crippen LogP contribution >= 0.6 is 0 Å². The molecule has 0 saturated carbocycles. The Morgan fingerprint density at radius 3 is 2.36 bits per heavy atom. The van der Waals surface area contributed by atoms with Crippen LogP contribution in [-0.4, -0.2) is 35.5 Å². The summed E-state index contributed by atoms with van der Waals surface area (Å²) in [6.07, 6.45) is 0.779. The molecule has 1 aliphatic heterocycles. The molecule has 0 aromatic rings. The Bertz CT molecular complexity index is 137. The first kappa shape index (κ1) is 8.67. The lowest BCUT2D eigenvalue weighted by atomic mass is 10.2. The molecule has 1 heterocycles. The van der Waals surface area contributed by atoms with Crippen LogP contribution in [0.2, 0.25) is 0 Å². The fourth-order valence-corrected chi connectivity index (χ4v) is 0.829. The Kier molecular flexibility index (Phi) is 2.62. The Morgan fingerprint density at radius 2 is 1.91 bits per heavy atom. The van der Waals surface area contributed by atoms with Gasteiger partial charge in [-0.05, 0) is 12.5 Å². The molecule has 0 bridgehead atoms. The summed E-state index contributed by atoms with van der Waals surface area (Å²) in [6, 6.07) is 0. The zero-order chi connectivity index (χ0) is 8.32. The van der Waals surface area contributed by atoms with Crippen molar-refractivity contribution in [3.05, 3.63) is 12.7 Å². The van der Waals surface area contributed by atoms with Gasteiger partial charge in [0.05, 0.1) is 13.2 Å². The van der Waals surface area contributed by atoms with Crippen molar-refractivity contribution in [2.24, 2.45) is 0 Å². The summed E-state index contributed by atoms with van der Waals surface area (Å²) in [5.74, 6) is -2.07. The van der Waals surface area contributed by atoms with Gasteiger partial charge < -0.3 is 19.7 Å². The molecule has 4 nitrogen and oxygen atoms in total. The van der Waals surface area contributed by atoms with Gasteiger partial charge in [-0.1, -0.05) is 6.58 Å². The van der Waals surface area contributed by atoms with Crippen LogP contribution in [0.25, 0.3) is 0 Å². The molecule has 2 N–H and O–H groups in total. The van der Waals surface area contributed by atoms with Gasteiger partial charge >= 0.3 is 0 Å². The Labute approximate surface area is 65.0 Å². The van der Waals surface area contributed by atoms with Gasteiger partial charge in [0.2, 0.25) is 12.1 Å². The molecule has 64 valence electrons. The zero-order valence-electron chi connectivity index (χ0n) is 6.19. The lowest BCUT2D eigenvalue weighted by molar-refractivity contribution is -0.311. The highest BCUT2D eigenvalue weighted by atomic mass is 16.7. The summed E-state index contributed by atoms with van der Waals surface area (Å²) in [6.45, 7) is 4.22. The van der Waals surface area contributed by atoms with E-state index in [9.17, 15) is 0 Å². The van der Waals surface area contributed by atoms with Crippen molar-refractivity contribution in [2.45, 2.75) is 18.5 Å². The van der Waals surface area contributed by atoms with Crippen molar-refractivity contribution in [3.8, 4) is 0 Å². The van der Waals surface area contributed by atoms with Gasteiger partial charge in [0.25, 0.3) is 0 Å². The molecule has 1 rings (SSSR count). The number of rotatable bonds is 2. The summed E-state index contributed by atoms with van der Waals surface area (Å²) < 4.78 is 9.88. The van der Waals surface area contributed by atoms with E-state index in [1.807, 2.05) is 0 Å². The largest absolute Gasteiger partial charge is 0.358 e. The van der Waals surface area contributed by atoms with E-state index < -0.39 is 12.1 Å². The monoisotopic (exact) mass is 160 g/mol. The lowest BCUT2D eigenvalue weighted by Crippen LogP contribution is -2.46. The molecule has 0 aromatic carbocycles. The topological polar surface area (TPSA) is 58.9 Å². The maximum Gasteiger partial charge on any atom is 0.235 e. The van der Waals surface area contributed by atoms with Crippen molar-refractivity contribution >= 4 is 0 Å². The van der Waals surface area contributed by atoms with Gasteiger partial charge in [0, 0.05) is 0 Å². The minimum absolute atomic E-state index is 0.487. The highest BCUT2D eigenvalue weighted by Gasteiger charge is 2.34. The van der Waals surface area contributed by atoms with Gasteiger partial charge in [-0.2, -0.15) is 0 Å². The van der Waals surface area contributed by atoms with E-state index >= 15 is 0 Å². The third-order valence-electron chi connectivity index (χ3n) is 1.47. The van der Waals surface area contributed by atoms with Crippen LogP contribution in [0.3, 0.4) is 0 Å². The molecular formula is C7H12O4. The SMILES string of the molecule is C=CC(O)(O)C1OCCCO1. The summed E-state index contributed by atoms with van der Waals surface area (Å²) >= 11 is 0. The molecular weight excluding hydrogens is 148 g/mol. The highest BCUT2D eigenvalue weighted by molar-refractivity contribution is 4.89. The van der Waals surface area contributed by atoms with E-state index in [1.54, 1.807) is 0 Å². The zero-order valence-corrected chi connectivity index (χ0v) is 6.19. The fraction of sp³-hybridized carbons (Fsp3) is 0.714. The quantitative estimate of drug-likeness (QED) is 0.427. The normalized spacial score (nSPS) is 21.6. The van der Waals surface area contributed by atoms with Crippen molar-refractivity contribution in [2.75, 3.05) is 13.2 Å². The van der Waals surface area contributed by atoms with Gasteiger partial charge in [-0.15, -0.1) is 0 Å². The van der Waals surface area contributed by atoms with Crippen molar-refractivity contribution in [3.63, 3.8) is 0 Å². The van der Waals surface area contributed by atoms with Crippen LogP contribution < -0.4 is 0 Å². The van der Waals surface area contributed by atoms with Crippen molar-refractivity contribution in [1.29, 1.82) is 0 Å². The Balaban J connectivity index is 2.50. The first-order valence-electron chi connectivity index (χ1n) is 3.48. The Morgan fingerprint density at radius 1 is 1.36 bits per heavy atom. The van der Waals surface area contributed by atoms with Gasteiger partial charge in [-0.25, -0.2) is 0 Å². The molecule has 0 amide bonds. The molecule has 0 aromatic heterocycles. The number of hydrogen-bond donors (Lipinski definition) is 2. The lowest BCUT2D eigenvalue weighted by Gasteiger charge is -2.31. The molecule has 1 saturated heterocycles. The summed E-state index contributed by atoms with van der Waals surface area (Å²) in [5.41, 5.74) is 0. The molecule has 0 spiro atoms. The molecule has 0 aliphatic carbocycles. The summed E-state index contributed by atoms with van der Waals surface area (Å²) in [7, 11) is 0. The van der Waals surface area contributed by atoms with Crippen LogP contribution in [0.5, 0.6) is 0 Å². The van der Waals surface area contributed by atoms with Crippen LogP contribution in [0.1, 0.15) is 6.42 Å².